The topological polar surface area (TPSA) is 101 Å². The number of halogens is 1. The lowest BCUT2D eigenvalue weighted by molar-refractivity contribution is 0.102. The molecule has 0 unspecified atom stereocenters. The molecule has 0 aliphatic rings. The largest absolute Gasteiger partial charge is 0.296 e. The number of benzene rings is 2. The second-order valence-corrected chi connectivity index (χ2v) is 10.7. The molecule has 0 saturated carbocycles. The fraction of sp³-hybridized carbons (Fsp3) is 0.211. The lowest BCUT2D eigenvalue weighted by Gasteiger charge is -2.04. The fourth-order valence-corrected chi connectivity index (χ4v) is 5.37. The van der Waals surface area contributed by atoms with Crippen molar-refractivity contribution in [2.45, 2.75) is 17.0 Å². The van der Waals surface area contributed by atoms with Crippen LogP contribution in [-0.4, -0.2) is 36.8 Å². The highest BCUT2D eigenvalue weighted by atomic mass is 35.5. The summed E-state index contributed by atoms with van der Waals surface area (Å²) < 4.78 is 27.0. The summed E-state index contributed by atoms with van der Waals surface area (Å²) in [5.41, 5.74) is 2.78. The minimum Gasteiger partial charge on any atom is -0.296 e. The molecular weight excluding hydrogens is 464 g/mol. The normalized spacial score (nSPS) is 11.4. The number of carbonyl (C=O) groups is 1. The van der Waals surface area contributed by atoms with Gasteiger partial charge >= 0.3 is 0 Å². The zero-order valence-corrected chi connectivity index (χ0v) is 19.2. The highest BCUT2D eigenvalue weighted by Crippen LogP contribution is 2.21. The van der Waals surface area contributed by atoms with Crippen molar-refractivity contribution in [2.24, 2.45) is 0 Å². The molecule has 0 spiro atoms. The number of nitrogens with one attached hydrogen (secondary N) is 2. The van der Waals surface area contributed by atoms with Crippen molar-refractivity contribution in [2.75, 3.05) is 17.6 Å². The molecule has 0 aliphatic heterocycles. The van der Waals surface area contributed by atoms with Crippen molar-refractivity contribution in [3.05, 3.63) is 70.2 Å². The molecule has 1 aromatic heterocycles. The molecule has 2 N–H and O–H groups in total. The second-order valence-electron chi connectivity index (χ2n) is 6.27. The average molecular weight is 483 g/mol. The van der Waals surface area contributed by atoms with Gasteiger partial charge in [-0.2, -0.15) is 11.8 Å². The van der Waals surface area contributed by atoms with Crippen LogP contribution >= 0.6 is 34.7 Å². The van der Waals surface area contributed by atoms with Gasteiger partial charge in [0.15, 0.2) is 0 Å². The number of amides is 1. The SMILES string of the molecule is Cc1ccc(CSCCNS(=O)(=O)c2nnc(NC(=O)c3ccc(Cl)cc3)s2)cc1. The van der Waals surface area contributed by atoms with Gasteiger partial charge in [0.25, 0.3) is 15.9 Å². The maximum absolute atomic E-state index is 12.4. The predicted octanol–water partition coefficient (Wildman–Crippen LogP) is 3.96. The predicted molar refractivity (Wildman–Crippen MR) is 122 cm³/mol. The number of carbonyl (C=O) groups excluding carboxylic acids is 1. The number of hydrogen-bond acceptors (Lipinski definition) is 7. The standard InChI is InChI=1S/C19H19ClN4O3S3/c1-13-2-4-14(5-3-13)12-28-11-10-21-30(26,27)19-24-23-18(29-19)22-17(25)15-6-8-16(20)9-7-15/h2-9,21H,10-12H2,1H3,(H,22,23,25). The van der Waals surface area contributed by atoms with Crippen LogP contribution in [0.5, 0.6) is 0 Å². The Hall–Kier alpha value is -1.98. The van der Waals surface area contributed by atoms with E-state index in [1.165, 1.54) is 11.1 Å². The van der Waals surface area contributed by atoms with E-state index in [0.717, 1.165) is 17.1 Å². The molecule has 7 nitrogen and oxygen atoms in total. The Labute approximate surface area is 188 Å². The zero-order chi connectivity index (χ0) is 21.6. The van der Waals surface area contributed by atoms with Gasteiger partial charge in [-0.05, 0) is 36.8 Å². The number of sulfonamides is 1. The van der Waals surface area contributed by atoms with Crippen LogP contribution in [0.3, 0.4) is 0 Å². The summed E-state index contributed by atoms with van der Waals surface area (Å²) in [6.45, 7) is 2.30. The Morgan fingerprint density at radius 2 is 1.80 bits per heavy atom. The van der Waals surface area contributed by atoms with Crippen LogP contribution in [0, 0.1) is 6.92 Å². The highest BCUT2D eigenvalue weighted by molar-refractivity contribution is 7.98. The van der Waals surface area contributed by atoms with Crippen molar-refractivity contribution in [1.29, 1.82) is 0 Å². The van der Waals surface area contributed by atoms with E-state index in [-0.39, 0.29) is 16.0 Å². The number of nitrogens with zero attached hydrogens (tertiary/aromatic N) is 2. The smallest absolute Gasteiger partial charge is 0.269 e. The van der Waals surface area contributed by atoms with Gasteiger partial charge in [-0.25, -0.2) is 13.1 Å². The first kappa shape index (κ1) is 22.7. The summed E-state index contributed by atoms with van der Waals surface area (Å²) >= 11 is 8.23. The minimum atomic E-state index is -3.78. The van der Waals surface area contributed by atoms with Crippen molar-refractivity contribution in [1.82, 2.24) is 14.9 Å². The van der Waals surface area contributed by atoms with Gasteiger partial charge in [-0.15, -0.1) is 10.2 Å². The van der Waals surface area contributed by atoms with Crippen molar-refractivity contribution < 1.29 is 13.2 Å². The molecule has 11 heteroatoms. The summed E-state index contributed by atoms with van der Waals surface area (Å²) in [5.74, 6) is 1.00. The third-order valence-corrected chi connectivity index (χ3v) is 7.84. The van der Waals surface area contributed by atoms with Crippen LogP contribution in [0.4, 0.5) is 5.13 Å². The van der Waals surface area contributed by atoms with E-state index >= 15 is 0 Å². The second kappa shape index (κ2) is 10.4. The number of aromatic nitrogens is 2. The Balaban J connectivity index is 1.47. The monoisotopic (exact) mass is 482 g/mol. The van der Waals surface area contributed by atoms with E-state index in [2.05, 4.69) is 44.5 Å². The van der Waals surface area contributed by atoms with E-state index in [1.807, 2.05) is 6.92 Å². The van der Waals surface area contributed by atoms with Gasteiger partial charge in [0.2, 0.25) is 9.47 Å². The molecule has 1 amide bonds. The molecule has 0 bridgehead atoms. The highest BCUT2D eigenvalue weighted by Gasteiger charge is 2.20. The number of hydrogen-bond donors (Lipinski definition) is 2. The fourth-order valence-electron chi connectivity index (χ4n) is 2.32. The maximum Gasteiger partial charge on any atom is 0.269 e. The van der Waals surface area contributed by atoms with Crippen LogP contribution in [0.1, 0.15) is 21.5 Å². The van der Waals surface area contributed by atoms with Crippen LogP contribution in [-0.2, 0) is 15.8 Å². The lowest BCUT2D eigenvalue weighted by atomic mass is 10.2. The zero-order valence-electron chi connectivity index (χ0n) is 16.0. The van der Waals surface area contributed by atoms with E-state index in [1.54, 1.807) is 36.0 Å². The van der Waals surface area contributed by atoms with Gasteiger partial charge in [0.05, 0.1) is 0 Å². The summed E-state index contributed by atoms with van der Waals surface area (Å²) in [6.07, 6.45) is 0. The molecule has 0 radical (unpaired) electrons. The van der Waals surface area contributed by atoms with Gasteiger partial charge in [-0.1, -0.05) is 52.8 Å². The summed E-state index contributed by atoms with van der Waals surface area (Å²) in [6, 6.07) is 14.5. The molecule has 3 aromatic rings. The number of anilines is 1. The average Bonchev–Trinajstić information content (AvgIpc) is 3.19. The molecule has 0 aliphatic carbocycles. The molecule has 158 valence electrons. The molecule has 0 atom stereocenters. The first-order valence-corrected chi connectivity index (χ1v) is 12.7. The van der Waals surface area contributed by atoms with Gasteiger partial charge < -0.3 is 0 Å². The van der Waals surface area contributed by atoms with Crippen molar-refractivity contribution in [3.8, 4) is 0 Å². The lowest BCUT2D eigenvalue weighted by Crippen LogP contribution is -2.26. The Morgan fingerprint density at radius 3 is 2.50 bits per heavy atom. The molecule has 3 rings (SSSR count). The molecule has 0 saturated heterocycles. The van der Waals surface area contributed by atoms with Gasteiger partial charge in [0.1, 0.15) is 0 Å². The van der Waals surface area contributed by atoms with Gasteiger partial charge in [-0.3, -0.25) is 10.1 Å². The molecule has 30 heavy (non-hydrogen) atoms. The third-order valence-electron chi connectivity index (χ3n) is 3.89. The number of rotatable bonds is 9. The Kier molecular flexibility index (Phi) is 7.84. The summed E-state index contributed by atoms with van der Waals surface area (Å²) in [7, 11) is -3.78. The van der Waals surface area contributed by atoms with Crippen LogP contribution in [0.2, 0.25) is 5.02 Å². The molecular formula is C19H19ClN4O3S3. The number of thioether (sulfide) groups is 1. The van der Waals surface area contributed by atoms with Crippen LogP contribution < -0.4 is 10.0 Å². The maximum atomic E-state index is 12.4. The number of aryl methyl sites for hydroxylation is 1. The van der Waals surface area contributed by atoms with Crippen molar-refractivity contribution >= 4 is 55.8 Å². The van der Waals surface area contributed by atoms with E-state index in [4.69, 9.17) is 11.6 Å². The van der Waals surface area contributed by atoms with Crippen LogP contribution in [0.25, 0.3) is 0 Å². The van der Waals surface area contributed by atoms with Crippen LogP contribution in [0.15, 0.2) is 52.9 Å². The van der Waals surface area contributed by atoms with Gasteiger partial charge in [0, 0.05) is 28.6 Å². The Bertz CT molecular complexity index is 1100. The molecule has 2 aromatic carbocycles. The molecule has 0 fully saturated rings. The minimum absolute atomic E-state index is 0.101. The van der Waals surface area contributed by atoms with Crippen molar-refractivity contribution in [3.63, 3.8) is 0 Å². The molecule has 1 heterocycles. The summed E-state index contributed by atoms with van der Waals surface area (Å²) in [4.78, 5) is 12.2. The first-order chi connectivity index (χ1) is 14.3. The third kappa shape index (κ3) is 6.51. The van der Waals surface area contributed by atoms with E-state index < -0.39 is 15.9 Å². The Morgan fingerprint density at radius 1 is 1.10 bits per heavy atom. The van der Waals surface area contributed by atoms with E-state index in [0.29, 0.717) is 16.3 Å². The van der Waals surface area contributed by atoms with E-state index in [9.17, 15) is 13.2 Å². The quantitative estimate of drug-likeness (QED) is 0.353. The summed E-state index contributed by atoms with van der Waals surface area (Å²) in [5, 5.41) is 10.6. The first-order valence-electron chi connectivity index (χ1n) is 8.87.